The van der Waals surface area contributed by atoms with Crippen LogP contribution in [0.5, 0.6) is 0 Å². The summed E-state index contributed by atoms with van der Waals surface area (Å²) in [6.45, 7) is 2.10. The van der Waals surface area contributed by atoms with Crippen molar-refractivity contribution in [2.24, 2.45) is 0 Å². The van der Waals surface area contributed by atoms with Gasteiger partial charge >= 0.3 is 0 Å². The fourth-order valence-electron chi connectivity index (χ4n) is 1.23. The molecule has 1 aliphatic heterocycles. The van der Waals surface area contributed by atoms with Crippen LogP contribution in [0.25, 0.3) is 0 Å². The van der Waals surface area contributed by atoms with Gasteiger partial charge in [-0.1, -0.05) is 24.3 Å². The van der Waals surface area contributed by atoms with Crippen molar-refractivity contribution < 1.29 is 8.42 Å². The monoisotopic (exact) mass is 228 g/mol. The quantitative estimate of drug-likeness (QED) is 0.734. The van der Waals surface area contributed by atoms with Crippen molar-refractivity contribution >= 4 is 10.0 Å². The zero-order valence-corrected chi connectivity index (χ0v) is 9.76. The first-order chi connectivity index (χ1) is 7.03. The summed E-state index contributed by atoms with van der Waals surface area (Å²) in [5.74, 6) is 0. The Morgan fingerprint density at radius 3 is 1.93 bits per heavy atom. The van der Waals surface area contributed by atoms with Crippen molar-refractivity contribution in [3.8, 4) is 0 Å². The maximum Gasteiger partial charge on any atom is 0.208 e. The van der Waals surface area contributed by atoms with Crippen LogP contribution in [-0.4, -0.2) is 21.7 Å². The second kappa shape index (κ2) is 5.25. The summed E-state index contributed by atoms with van der Waals surface area (Å²) in [5, 5.41) is 3.29. The predicted molar refractivity (Wildman–Crippen MR) is 60.9 cm³/mol. The van der Waals surface area contributed by atoms with Crippen LogP contribution < -0.4 is 10.0 Å². The van der Waals surface area contributed by atoms with Crippen LogP contribution in [0.2, 0.25) is 0 Å². The molecular formula is C10H16N2O2S. The molecule has 0 fully saturated rings. The topological polar surface area (TPSA) is 58.2 Å². The molecule has 0 aromatic heterocycles. The zero-order valence-electron chi connectivity index (χ0n) is 8.95. The van der Waals surface area contributed by atoms with Gasteiger partial charge in [0.15, 0.2) is 0 Å². The Hall–Kier alpha value is -0.910. The summed E-state index contributed by atoms with van der Waals surface area (Å²) in [6, 6.07) is 8.53. The van der Waals surface area contributed by atoms with Gasteiger partial charge in [0.2, 0.25) is 10.0 Å². The Morgan fingerprint density at radius 1 is 1.20 bits per heavy atom. The number of benzene rings is 1. The van der Waals surface area contributed by atoms with Crippen LogP contribution in [0.15, 0.2) is 24.3 Å². The van der Waals surface area contributed by atoms with Gasteiger partial charge in [-0.25, -0.2) is 13.1 Å². The second-order valence-corrected chi connectivity index (χ2v) is 5.30. The lowest BCUT2D eigenvalue weighted by Crippen LogP contribution is -2.15. The number of hydrogen-bond acceptors (Lipinski definition) is 3. The molecule has 15 heavy (non-hydrogen) atoms. The van der Waals surface area contributed by atoms with Gasteiger partial charge < -0.3 is 5.32 Å². The Bertz CT molecular complexity index is 392. The fourth-order valence-corrected chi connectivity index (χ4v) is 1.23. The lowest BCUT2D eigenvalue weighted by Gasteiger charge is -1.91. The number of rotatable bonds is 1. The van der Waals surface area contributed by atoms with E-state index in [0.717, 1.165) is 19.3 Å². The Labute approximate surface area is 90.8 Å². The van der Waals surface area contributed by atoms with Crippen LogP contribution in [0.1, 0.15) is 11.1 Å². The first-order valence-electron chi connectivity index (χ1n) is 4.69. The molecule has 0 saturated carbocycles. The lowest BCUT2D eigenvalue weighted by molar-refractivity contribution is 0.594. The molecule has 0 unspecified atom stereocenters. The van der Waals surface area contributed by atoms with Crippen molar-refractivity contribution in [3.63, 3.8) is 0 Å². The minimum Gasteiger partial charge on any atom is -0.309 e. The van der Waals surface area contributed by atoms with Crippen LogP contribution in [0, 0.1) is 0 Å². The molecule has 84 valence electrons. The van der Waals surface area contributed by atoms with Crippen LogP contribution in [0.3, 0.4) is 0 Å². The minimum atomic E-state index is -2.91. The van der Waals surface area contributed by atoms with Crippen molar-refractivity contribution in [1.82, 2.24) is 10.0 Å². The molecule has 4 nitrogen and oxygen atoms in total. The maximum atomic E-state index is 9.89. The maximum absolute atomic E-state index is 9.89. The van der Waals surface area contributed by atoms with Gasteiger partial charge in [0.1, 0.15) is 0 Å². The van der Waals surface area contributed by atoms with Crippen LogP contribution >= 0.6 is 0 Å². The van der Waals surface area contributed by atoms with Gasteiger partial charge in [-0.2, -0.15) is 0 Å². The highest BCUT2D eigenvalue weighted by Crippen LogP contribution is 2.12. The van der Waals surface area contributed by atoms with Crippen molar-refractivity contribution in [1.29, 1.82) is 0 Å². The average molecular weight is 228 g/mol. The van der Waals surface area contributed by atoms with Gasteiger partial charge in [-0.15, -0.1) is 0 Å². The number of fused-ring (bicyclic) bond motifs is 1. The molecule has 5 heteroatoms. The summed E-state index contributed by atoms with van der Waals surface area (Å²) < 4.78 is 21.9. The van der Waals surface area contributed by atoms with Gasteiger partial charge in [0.05, 0.1) is 6.26 Å². The van der Waals surface area contributed by atoms with Gasteiger partial charge in [-0.05, 0) is 18.2 Å². The fraction of sp³-hybridized carbons (Fsp3) is 0.400. The second-order valence-electron chi connectivity index (χ2n) is 3.35. The Kier molecular flexibility index (Phi) is 4.26. The molecule has 0 radical (unpaired) electrons. The summed E-state index contributed by atoms with van der Waals surface area (Å²) in [4.78, 5) is 0. The van der Waals surface area contributed by atoms with E-state index in [0.29, 0.717) is 0 Å². The third-order valence-electron chi connectivity index (χ3n) is 2.12. The summed E-state index contributed by atoms with van der Waals surface area (Å²) in [6.07, 6.45) is 1.10. The highest BCUT2D eigenvalue weighted by atomic mass is 32.2. The third kappa shape index (κ3) is 4.42. The summed E-state index contributed by atoms with van der Waals surface area (Å²) in [5.41, 5.74) is 2.91. The van der Waals surface area contributed by atoms with Crippen molar-refractivity contribution in [2.45, 2.75) is 13.1 Å². The molecule has 0 atom stereocenters. The highest BCUT2D eigenvalue weighted by Gasteiger charge is 2.06. The molecular weight excluding hydrogens is 212 g/mol. The molecule has 2 rings (SSSR count). The summed E-state index contributed by atoms with van der Waals surface area (Å²) >= 11 is 0. The van der Waals surface area contributed by atoms with E-state index < -0.39 is 10.0 Å². The molecule has 1 aromatic carbocycles. The molecule has 1 aliphatic rings. The molecule has 0 bridgehead atoms. The predicted octanol–water partition coefficient (Wildman–Crippen LogP) is 0.455. The van der Waals surface area contributed by atoms with E-state index in [1.54, 1.807) is 0 Å². The standard InChI is InChI=1S/C8H9N.C2H7NO2S/c1-2-4-8-6-9-5-7(8)3-1;1-3-6(2,4)5/h1-4,9H,5-6H2;3H,1-2H3. The van der Waals surface area contributed by atoms with E-state index in [9.17, 15) is 8.42 Å². The van der Waals surface area contributed by atoms with E-state index in [1.165, 1.54) is 18.2 Å². The van der Waals surface area contributed by atoms with Crippen LogP contribution in [0.4, 0.5) is 0 Å². The normalized spacial score (nSPS) is 14.0. The highest BCUT2D eigenvalue weighted by molar-refractivity contribution is 7.88. The molecule has 0 aliphatic carbocycles. The Balaban J connectivity index is 0.000000167. The van der Waals surface area contributed by atoms with Gasteiger partial charge in [0.25, 0.3) is 0 Å². The lowest BCUT2D eigenvalue weighted by atomic mass is 10.1. The SMILES string of the molecule is CNS(C)(=O)=O.c1ccc2c(c1)CNC2. The van der Waals surface area contributed by atoms with E-state index in [2.05, 4.69) is 34.3 Å². The van der Waals surface area contributed by atoms with E-state index in [-0.39, 0.29) is 0 Å². The molecule has 0 amide bonds. The summed E-state index contributed by atoms with van der Waals surface area (Å²) in [7, 11) is -1.54. The first-order valence-corrected chi connectivity index (χ1v) is 6.58. The average Bonchev–Trinajstić information content (AvgIpc) is 2.65. The smallest absolute Gasteiger partial charge is 0.208 e. The molecule has 0 spiro atoms. The van der Waals surface area contributed by atoms with Crippen molar-refractivity contribution in [3.05, 3.63) is 35.4 Å². The Morgan fingerprint density at radius 2 is 1.60 bits per heavy atom. The largest absolute Gasteiger partial charge is 0.309 e. The molecule has 1 heterocycles. The minimum absolute atomic E-state index is 1.05. The van der Waals surface area contributed by atoms with Crippen LogP contribution in [-0.2, 0) is 23.1 Å². The zero-order chi connectivity index (χ0) is 11.3. The van der Waals surface area contributed by atoms with Crippen molar-refractivity contribution in [2.75, 3.05) is 13.3 Å². The number of sulfonamides is 1. The third-order valence-corrected chi connectivity index (χ3v) is 2.86. The molecule has 2 N–H and O–H groups in total. The van der Waals surface area contributed by atoms with E-state index >= 15 is 0 Å². The number of hydrogen-bond donors (Lipinski definition) is 2. The first kappa shape index (κ1) is 12.2. The molecule has 0 saturated heterocycles. The van der Waals surface area contributed by atoms with E-state index in [1.807, 2.05) is 0 Å². The molecule has 1 aromatic rings. The van der Waals surface area contributed by atoms with E-state index in [4.69, 9.17) is 0 Å². The van der Waals surface area contributed by atoms with Gasteiger partial charge in [0, 0.05) is 13.1 Å². The number of nitrogens with one attached hydrogen (secondary N) is 2. The van der Waals surface area contributed by atoms with Gasteiger partial charge in [-0.3, -0.25) is 0 Å².